The number of benzene rings is 1. The molecule has 1 fully saturated rings. The number of nitrogens with zero attached hydrogens (tertiary/aromatic N) is 1. The van der Waals surface area contributed by atoms with Crippen LogP contribution in [0.25, 0.3) is 0 Å². The van der Waals surface area contributed by atoms with Crippen molar-refractivity contribution in [2.45, 2.75) is 39.2 Å². The summed E-state index contributed by atoms with van der Waals surface area (Å²) in [7, 11) is 0. The van der Waals surface area contributed by atoms with E-state index in [1.165, 1.54) is 6.07 Å². The maximum absolute atomic E-state index is 13.2. The van der Waals surface area contributed by atoms with Crippen LogP contribution >= 0.6 is 0 Å². The Morgan fingerprint density at radius 1 is 1.50 bits per heavy atom. The molecule has 0 heterocycles. The van der Waals surface area contributed by atoms with Crippen LogP contribution in [0, 0.1) is 21.3 Å². The number of carbonyl (C=O) groups excluding carboxylic acids is 1. The van der Waals surface area contributed by atoms with Gasteiger partial charge in [0.15, 0.2) is 0 Å². The van der Waals surface area contributed by atoms with Crippen LogP contribution in [0.2, 0.25) is 0 Å². The summed E-state index contributed by atoms with van der Waals surface area (Å²) in [5.41, 5.74) is -0.362. The second-order valence-electron chi connectivity index (χ2n) is 6.00. The lowest BCUT2D eigenvalue weighted by Crippen LogP contribution is -2.33. The van der Waals surface area contributed by atoms with Crippen molar-refractivity contribution in [1.82, 2.24) is 5.32 Å². The van der Waals surface area contributed by atoms with Crippen LogP contribution in [0.15, 0.2) is 18.2 Å². The van der Waals surface area contributed by atoms with E-state index < -0.39 is 22.3 Å². The van der Waals surface area contributed by atoms with Gasteiger partial charge in [-0.25, -0.2) is 0 Å². The number of hydrogen-bond donors (Lipinski definition) is 1. The normalized spacial score (nSPS) is 20.6. The van der Waals surface area contributed by atoms with E-state index >= 15 is 0 Å². The molecule has 1 aliphatic carbocycles. The zero-order chi connectivity index (χ0) is 14.9. The van der Waals surface area contributed by atoms with Gasteiger partial charge in [0.2, 0.25) is 5.82 Å². The number of nitro benzene ring substituents is 1. The first kappa shape index (κ1) is 14.4. The molecule has 1 N–H and O–H groups in total. The molecular weight excluding hydrogens is 263 g/mol. The minimum Gasteiger partial charge on any atom is -0.349 e. The van der Waals surface area contributed by atoms with Crippen LogP contribution in [-0.4, -0.2) is 16.9 Å². The molecule has 1 atom stereocenters. The fourth-order valence-electron chi connectivity index (χ4n) is 2.62. The number of nitrogens with one attached hydrogen (secondary N) is 1. The van der Waals surface area contributed by atoms with Gasteiger partial charge in [-0.3, -0.25) is 14.9 Å². The Bertz CT molecular complexity index is 557. The fraction of sp³-hybridized carbons (Fsp3) is 0.500. The summed E-state index contributed by atoms with van der Waals surface area (Å²) in [4.78, 5) is 21.9. The Morgan fingerprint density at radius 2 is 2.20 bits per heavy atom. The first-order valence-corrected chi connectivity index (χ1v) is 6.53. The highest BCUT2D eigenvalue weighted by Gasteiger charge is 2.32. The second kappa shape index (κ2) is 5.19. The monoisotopic (exact) mass is 280 g/mol. The molecule has 0 bridgehead atoms. The number of carbonyl (C=O) groups is 1. The summed E-state index contributed by atoms with van der Waals surface area (Å²) < 4.78 is 13.2. The van der Waals surface area contributed by atoms with E-state index in [0.29, 0.717) is 0 Å². The second-order valence-corrected chi connectivity index (χ2v) is 6.00. The lowest BCUT2D eigenvalue weighted by Gasteiger charge is -2.17. The molecule has 1 amide bonds. The predicted molar refractivity (Wildman–Crippen MR) is 71.9 cm³/mol. The van der Waals surface area contributed by atoms with E-state index in [1.807, 2.05) is 0 Å². The van der Waals surface area contributed by atoms with Crippen molar-refractivity contribution in [2.24, 2.45) is 5.41 Å². The molecule has 1 aromatic carbocycles. The Balaban J connectivity index is 2.10. The Morgan fingerprint density at radius 3 is 2.75 bits per heavy atom. The molecule has 108 valence electrons. The zero-order valence-corrected chi connectivity index (χ0v) is 11.5. The Labute approximate surface area is 116 Å². The molecule has 0 radical (unpaired) electrons. The van der Waals surface area contributed by atoms with E-state index in [9.17, 15) is 19.3 Å². The molecule has 2 rings (SSSR count). The van der Waals surface area contributed by atoms with Gasteiger partial charge < -0.3 is 5.32 Å². The molecule has 1 unspecified atom stereocenters. The van der Waals surface area contributed by atoms with Crippen LogP contribution in [-0.2, 0) is 0 Å². The van der Waals surface area contributed by atoms with Crippen LogP contribution in [0.3, 0.4) is 0 Å². The Hall–Kier alpha value is -1.98. The maximum Gasteiger partial charge on any atom is 0.305 e. The summed E-state index contributed by atoms with van der Waals surface area (Å²) in [6, 6.07) is 3.26. The third kappa shape index (κ3) is 3.12. The average molecular weight is 280 g/mol. The average Bonchev–Trinajstić information content (AvgIpc) is 2.68. The van der Waals surface area contributed by atoms with E-state index in [4.69, 9.17) is 0 Å². The number of amides is 1. The van der Waals surface area contributed by atoms with Crippen LogP contribution in [0.1, 0.15) is 43.5 Å². The maximum atomic E-state index is 13.2. The van der Waals surface area contributed by atoms with Crippen molar-refractivity contribution >= 4 is 11.6 Å². The third-order valence-electron chi connectivity index (χ3n) is 3.71. The van der Waals surface area contributed by atoms with E-state index in [2.05, 4.69) is 19.2 Å². The summed E-state index contributed by atoms with van der Waals surface area (Å²) in [5, 5.41) is 13.5. The summed E-state index contributed by atoms with van der Waals surface area (Å²) in [6.45, 7) is 4.28. The smallest absolute Gasteiger partial charge is 0.305 e. The van der Waals surface area contributed by atoms with Gasteiger partial charge in [0.25, 0.3) is 5.91 Å². The molecule has 1 aromatic rings. The molecule has 1 aliphatic rings. The van der Waals surface area contributed by atoms with Crippen molar-refractivity contribution in [3.05, 3.63) is 39.7 Å². The van der Waals surface area contributed by atoms with Gasteiger partial charge in [-0.2, -0.15) is 4.39 Å². The lowest BCUT2D eigenvalue weighted by molar-refractivity contribution is -0.387. The molecule has 5 nitrogen and oxygen atoms in total. The molecular formula is C14H17FN2O3. The van der Waals surface area contributed by atoms with Gasteiger partial charge in [-0.1, -0.05) is 13.8 Å². The largest absolute Gasteiger partial charge is 0.349 e. The zero-order valence-electron chi connectivity index (χ0n) is 11.5. The lowest BCUT2D eigenvalue weighted by atomic mass is 9.92. The minimum atomic E-state index is -0.937. The fourth-order valence-corrected chi connectivity index (χ4v) is 2.62. The van der Waals surface area contributed by atoms with Gasteiger partial charge in [-0.15, -0.1) is 0 Å². The molecule has 0 saturated heterocycles. The summed E-state index contributed by atoms with van der Waals surface area (Å²) in [6.07, 6.45) is 2.80. The van der Waals surface area contributed by atoms with Crippen molar-refractivity contribution in [3.63, 3.8) is 0 Å². The third-order valence-corrected chi connectivity index (χ3v) is 3.71. The van der Waals surface area contributed by atoms with Gasteiger partial charge in [0.1, 0.15) is 0 Å². The molecule has 20 heavy (non-hydrogen) atoms. The van der Waals surface area contributed by atoms with Crippen LogP contribution in [0.5, 0.6) is 0 Å². The highest BCUT2D eigenvalue weighted by Crippen LogP contribution is 2.37. The molecule has 6 heteroatoms. The number of halogens is 1. The van der Waals surface area contributed by atoms with Crippen molar-refractivity contribution in [2.75, 3.05) is 0 Å². The highest BCUT2D eigenvalue weighted by atomic mass is 19.1. The van der Waals surface area contributed by atoms with Gasteiger partial charge in [-0.05, 0) is 36.8 Å². The number of hydrogen-bond acceptors (Lipinski definition) is 3. The van der Waals surface area contributed by atoms with E-state index in [1.54, 1.807) is 0 Å². The summed E-state index contributed by atoms with van der Waals surface area (Å²) >= 11 is 0. The predicted octanol–water partition coefficient (Wildman–Crippen LogP) is 3.04. The van der Waals surface area contributed by atoms with E-state index in [0.717, 1.165) is 31.4 Å². The number of nitro groups is 1. The van der Waals surface area contributed by atoms with Gasteiger partial charge in [0, 0.05) is 17.7 Å². The first-order valence-electron chi connectivity index (χ1n) is 6.53. The molecule has 0 aromatic heterocycles. The van der Waals surface area contributed by atoms with Crippen molar-refractivity contribution in [1.29, 1.82) is 0 Å². The van der Waals surface area contributed by atoms with Crippen molar-refractivity contribution < 1.29 is 14.1 Å². The standard InChI is InChI=1S/C14H17FN2O3/c1-14(2)6-5-10(8-14)16-13(18)9-3-4-11(15)12(7-9)17(19)20/h3-4,7,10H,5-6,8H2,1-2H3,(H,16,18). The quantitative estimate of drug-likeness (QED) is 0.683. The molecule has 0 spiro atoms. The Kier molecular flexibility index (Phi) is 3.74. The van der Waals surface area contributed by atoms with Crippen LogP contribution < -0.4 is 5.32 Å². The summed E-state index contributed by atoms with van der Waals surface area (Å²) in [5.74, 6) is -1.33. The first-order chi connectivity index (χ1) is 9.28. The van der Waals surface area contributed by atoms with Crippen LogP contribution in [0.4, 0.5) is 10.1 Å². The molecule has 0 aliphatic heterocycles. The van der Waals surface area contributed by atoms with Crippen molar-refractivity contribution in [3.8, 4) is 0 Å². The SMILES string of the molecule is CC1(C)CCC(NC(=O)c2ccc(F)c([N+](=O)[O-])c2)C1. The van der Waals surface area contributed by atoms with E-state index in [-0.39, 0.29) is 17.0 Å². The highest BCUT2D eigenvalue weighted by molar-refractivity contribution is 5.95. The number of rotatable bonds is 3. The van der Waals surface area contributed by atoms with Gasteiger partial charge >= 0.3 is 5.69 Å². The minimum absolute atomic E-state index is 0.0709. The molecule has 1 saturated carbocycles. The topological polar surface area (TPSA) is 72.2 Å². The van der Waals surface area contributed by atoms with Gasteiger partial charge in [0.05, 0.1) is 4.92 Å².